The molecule has 0 amide bonds. The fraction of sp³-hybridized carbons (Fsp3) is 0.500. The van der Waals surface area contributed by atoms with Crippen molar-refractivity contribution in [2.75, 3.05) is 19.0 Å². The molecule has 0 aromatic carbocycles. The van der Waals surface area contributed by atoms with Gasteiger partial charge in [0.15, 0.2) is 0 Å². The van der Waals surface area contributed by atoms with Crippen molar-refractivity contribution < 1.29 is 9.53 Å². The lowest BCUT2D eigenvalue weighted by atomic mass is 9.94. The predicted octanol–water partition coefficient (Wildman–Crippen LogP) is 3.12. The topological polar surface area (TPSA) is 38.3 Å². The molecule has 0 spiro atoms. The van der Waals surface area contributed by atoms with Crippen molar-refractivity contribution in [3.8, 4) is 0 Å². The van der Waals surface area contributed by atoms with Gasteiger partial charge in [-0.15, -0.1) is 11.3 Å². The summed E-state index contributed by atoms with van der Waals surface area (Å²) in [4.78, 5) is 11.4. The van der Waals surface area contributed by atoms with Crippen molar-refractivity contribution in [3.63, 3.8) is 0 Å². The standard InChI is InChI=1S/C10H14BrNO2S/c1-10(2,9(13)14-3)6-12-8-4-7(11)5-15-8/h4-5,12H,6H2,1-3H3. The number of carbonyl (C=O) groups is 1. The second-order valence-electron chi connectivity index (χ2n) is 3.86. The number of carbonyl (C=O) groups excluding carboxylic acids is 1. The number of ether oxygens (including phenoxy) is 1. The van der Waals surface area contributed by atoms with Crippen LogP contribution in [0.4, 0.5) is 5.00 Å². The zero-order valence-corrected chi connectivity index (χ0v) is 11.4. The molecule has 3 nitrogen and oxygen atoms in total. The van der Waals surface area contributed by atoms with E-state index in [0.717, 1.165) is 9.47 Å². The fourth-order valence-corrected chi connectivity index (χ4v) is 2.38. The SMILES string of the molecule is COC(=O)C(C)(C)CNc1cc(Br)cs1. The molecule has 0 aliphatic heterocycles. The highest BCUT2D eigenvalue weighted by atomic mass is 79.9. The smallest absolute Gasteiger partial charge is 0.313 e. The van der Waals surface area contributed by atoms with Crippen LogP contribution >= 0.6 is 27.3 Å². The molecule has 1 aromatic rings. The molecule has 1 rings (SSSR count). The Balaban J connectivity index is 2.53. The van der Waals surface area contributed by atoms with Gasteiger partial charge in [0.25, 0.3) is 0 Å². The molecule has 1 heterocycles. The van der Waals surface area contributed by atoms with Crippen LogP contribution in [0.15, 0.2) is 15.9 Å². The normalized spacial score (nSPS) is 11.2. The van der Waals surface area contributed by atoms with Crippen LogP contribution < -0.4 is 5.32 Å². The molecule has 0 aliphatic carbocycles. The van der Waals surface area contributed by atoms with Gasteiger partial charge >= 0.3 is 5.97 Å². The second kappa shape index (κ2) is 4.99. The lowest BCUT2D eigenvalue weighted by molar-refractivity contribution is -0.149. The number of halogens is 1. The number of hydrogen-bond donors (Lipinski definition) is 1. The number of esters is 1. The molecule has 5 heteroatoms. The number of methoxy groups -OCH3 is 1. The van der Waals surface area contributed by atoms with Crippen LogP contribution in [0.2, 0.25) is 0 Å². The van der Waals surface area contributed by atoms with Gasteiger partial charge in [-0.1, -0.05) is 0 Å². The predicted molar refractivity (Wildman–Crippen MR) is 66.3 cm³/mol. The minimum atomic E-state index is -0.509. The number of anilines is 1. The molecule has 0 fully saturated rings. The molecule has 0 aliphatic rings. The van der Waals surface area contributed by atoms with Gasteiger partial charge in [0.1, 0.15) is 0 Å². The summed E-state index contributed by atoms with van der Waals surface area (Å²) in [6.07, 6.45) is 0. The molecular formula is C10H14BrNO2S. The first-order valence-corrected chi connectivity index (χ1v) is 6.19. The maximum Gasteiger partial charge on any atom is 0.313 e. The molecule has 0 saturated carbocycles. The molecule has 0 atom stereocenters. The van der Waals surface area contributed by atoms with E-state index < -0.39 is 5.41 Å². The van der Waals surface area contributed by atoms with Crippen molar-refractivity contribution in [1.29, 1.82) is 0 Å². The van der Waals surface area contributed by atoms with Gasteiger partial charge in [0, 0.05) is 16.4 Å². The van der Waals surface area contributed by atoms with Gasteiger partial charge in [-0.25, -0.2) is 0 Å². The molecule has 84 valence electrons. The summed E-state index contributed by atoms with van der Waals surface area (Å²) in [5.74, 6) is -0.203. The van der Waals surface area contributed by atoms with Crippen LogP contribution in [0.3, 0.4) is 0 Å². The number of rotatable bonds is 4. The average molecular weight is 292 g/mol. The summed E-state index contributed by atoms with van der Waals surface area (Å²) >= 11 is 4.97. The second-order valence-corrected chi connectivity index (χ2v) is 5.69. The van der Waals surface area contributed by atoms with Crippen molar-refractivity contribution in [2.45, 2.75) is 13.8 Å². The van der Waals surface area contributed by atoms with Crippen LogP contribution in [0.1, 0.15) is 13.8 Å². The maximum absolute atomic E-state index is 11.4. The van der Waals surface area contributed by atoms with Crippen LogP contribution in [-0.2, 0) is 9.53 Å². The van der Waals surface area contributed by atoms with Gasteiger partial charge in [0.2, 0.25) is 0 Å². The molecular weight excluding hydrogens is 278 g/mol. The maximum atomic E-state index is 11.4. The molecule has 15 heavy (non-hydrogen) atoms. The van der Waals surface area contributed by atoms with Gasteiger partial charge < -0.3 is 10.1 Å². The minimum Gasteiger partial charge on any atom is -0.469 e. The van der Waals surface area contributed by atoms with E-state index in [1.54, 1.807) is 11.3 Å². The summed E-state index contributed by atoms with van der Waals surface area (Å²) in [6, 6.07) is 1.98. The zero-order chi connectivity index (χ0) is 11.5. The molecule has 0 radical (unpaired) electrons. The fourth-order valence-electron chi connectivity index (χ4n) is 1.06. The van der Waals surface area contributed by atoms with E-state index in [9.17, 15) is 4.79 Å². The Kier molecular flexibility index (Phi) is 4.16. The summed E-state index contributed by atoms with van der Waals surface area (Å²) in [5.41, 5.74) is -0.509. The summed E-state index contributed by atoms with van der Waals surface area (Å²) < 4.78 is 5.77. The van der Waals surface area contributed by atoms with Crippen molar-refractivity contribution in [1.82, 2.24) is 0 Å². The van der Waals surface area contributed by atoms with E-state index in [1.807, 2.05) is 25.3 Å². The Morgan fingerprint density at radius 2 is 2.33 bits per heavy atom. The van der Waals surface area contributed by atoms with E-state index in [0.29, 0.717) is 6.54 Å². The number of nitrogens with one attached hydrogen (secondary N) is 1. The third-order valence-corrected chi connectivity index (χ3v) is 3.66. The van der Waals surface area contributed by atoms with E-state index in [4.69, 9.17) is 4.74 Å². The van der Waals surface area contributed by atoms with Gasteiger partial charge in [0.05, 0.1) is 17.5 Å². The number of hydrogen-bond acceptors (Lipinski definition) is 4. The van der Waals surface area contributed by atoms with Crippen LogP contribution in [0.5, 0.6) is 0 Å². The first-order valence-electron chi connectivity index (χ1n) is 4.52. The lowest BCUT2D eigenvalue weighted by Gasteiger charge is -2.21. The van der Waals surface area contributed by atoms with E-state index in [-0.39, 0.29) is 5.97 Å². The molecule has 0 bridgehead atoms. The summed E-state index contributed by atoms with van der Waals surface area (Å²) in [7, 11) is 1.41. The van der Waals surface area contributed by atoms with Crippen LogP contribution in [0.25, 0.3) is 0 Å². The Labute approximate surface area is 102 Å². The third kappa shape index (κ3) is 3.50. The van der Waals surface area contributed by atoms with E-state index in [2.05, 4.69) is 21.2 Å². The van der Waals surface area contributed by atoms with Gasteiger partial charge in [-0.2, -0.15) is 0 Å². The largest absolute Gasteiger partial charge is 0.469 e. The van der Waals surface area contributed by atoms with E-state index in [1.165, 1.54) is 7.11 Å². The Morgan fingerprint density at radius 1 is 1.67 bits per heavy atom. The van der Waals surface area contributed by atoms with Crippen LogP contribution in [-0.4, -0.2) is 19.6 Å². The van der Waals surface area contributed by atoms with Crippen molar-refractivity contribution in [3.05, 3.63) is 15.9 Å². The highest BCUT2D eigenvalue weighted by Crippen LogP contribution is 2.26. The minimum absolute atomic E-state index is 0.203. The monoisotopic (exact) mass is 291 g/mol. The van der Waals surface area contributed by atoms with Crippen molar-refractivity contribution >= 4 is 38.2 Å². The third-order valence-electron chi connectivity index (χ3n) is 2.01. The summed E-state index contributed by atoms with van der Waals surface area (Å²) in [6.45, 7) is 4.27. The highest BCUT2D eigenvalue weighted by Gasteiger charge is 2.28. The highest BCUT2D eigenvalue weighted by molar-refractivity contribution is 9.10. The zero-order valence-electron chi connectivity index (χ0n) is 8.96. The van der Waals surface area contributed by atoms with Gasteiger partial charge in [-0.3, -0.25) is 4.79 Å². The Hall–Kier alpha value is -0.550. The Morgan fingerprint density at radius 3 is 2.80 bits per heavy atom. The van der Waals surface area contributed by atoms with Gasteiger partial charge in [-0.05, 0) is 35.8 Å². The Bertz CT molecular complexity index is 349. The first-order chi connectivity index (χ1) is 6.95. The van der Waals surface area contributed by atoms with E-state index >= 15 is 0 Å². The molecule has 1 N–H and O–H groups in total. The van der Waals surface area contributed by atoms with Crippen molar-refractivity contribution in [2.24, 2.45) is 5.41 Å². The first kappa shape index (κ1) is 12.5. The molecule has 0 saturated heterocycles. The molecule has 0 unspecified atom stereocenters. The summed E-state index contributed by atoms with van der Waals surface area (Å²) in [5, 5.41) is 6.24. The van der Waals surface area contributed by atoms with Crippen LogP contribution in [0, 0.1) is 5.41 Å². The lowest BCUT2D eigenvalue weighted by Crippen LogP contribution is -2.32. The number of thiophene rings is 1. The quantitative estimate of drug-likeness (QED) is 0.867. The average Bonchev–Trinajstić information content (AvgIpc) is 2.60. The molecule has 1 aromatic heterocycles.